The molecule has 216 valence electrons. The lowest BCUT2D eigenvalue weighted by molar-refractivity contribution is -0.141. The number of rotatable bonds is 14. The van der Waals surface area contributed by atoms with Gasteiger partial charge in [-0.2, -0.15) is 11.8 Å². The van der Waals surface area contributed by atoms with Crippen molar-refractivity contribution in [1.29, 1.82) is 0 Å². The summed E-state index contributed by atoms with van der Waals surface area (Å²) < 4.78 is 0. The van der Waals surface area contributed by atoms with Crippen LogP contribution in [0.1, 0.15) is 52.9 Å². The maximum absolute atomic E-state index is 10.2. The average Bonchev–Trinajstić information content (AvgIpc) is 2.81. The van der Waals surface area contributed by atoms with Gasteiger partial charge in [0.25, 0.3) is 0 Å². The first-order valence-corrected chi connectivity index (χ1v) is 12.7. The molecule has 0 rings (SSSR count). The van der Waals surface area contributed by atoms with Crippen LogP contribution in [0.2, 0.25) is 0 Å². The second-order valence-corrected chi connectivity index (χ2v) is 8.80. The standard InChI is InChI=1S/C6H14N2O2.C6H13NO2.C5H11NO2S.C4H9NO3/c7-4-2-1-3-5(8)6(9)10;1-3-4(2)5(7)6(8)9;1-9-3-2-4(6)5(7)8;1-2(6)3(5)4(7)8/h5H,1-4,7-8H2,(H,9,10);4-5H,3,7H2,1-2H3,(H,8,9);4H,2-3,6H2,1H3,(H,7,8);2-3,6H,5H2,1H3,(H,7,8)/t5-;4-,5-;4-;2-,3+/m0001/s1. The van der Waals surface area contributed by atoms with Gasteiger partial charge in [-0.15, -0.1) is 0 Å². The Morgan fingerprint density at radius 2 is 1.17 bits per heavy atom. The summed E-state index contributed by atoms with van der Waals surface area (Å²) >= 11 is 1.60. The number of aliphatic hydroxyl groups is 1. The fourth-order valence-corrected chi connectivity index (χ4v) is 2.19. The molecular weight excluding hydrogens is 498 g/mol. The lowest BCUT2D eigenvalue weighted by atomic mass is 10.0. The SMILES string of the molecule is CC[C@H](C)[C@H](N)C(=O)O.CSCC[C@H](N)C(=O)O.C[C@@H](O)[C@H](N)C(=O)O.NCCCC[C@H](N)C(=O)O. The van der Waals surface area contributed by atoms with Crippen molar-refractivity contribution in [1.82, 2.24) is 0 Å². The van der Waals surface area contributed by atoms with Crippen LogP contribution in [0.15, 0.2) is 0 Å². The minimum absolute atomic E-state index is 0.0718. The molecule has 0 heterocycles. The molecule has 14 nitrogen and oxygen atoms in total. The molecule has 0 saturated carbocycles. The topological polar surface area (TPSA) is 300 Å². The Morgan fingerprint density at radius 1 is 0.750 bits per heavy atom. The molecule has 0 aliphatic carbocycles. The minimum Gasteiger partial charge on any atom is -0.480 e. The van der Waals surface area contributed by atoms with Gasteiger partial charge in [-0.05, 0) is 50.7 Å². The molecule has 0 unspecified atom stereocenters. The molecule has 6 atom stereocenters. The van der Waals surface area contributed by atoms with Crippen LogP contribution in [-0.4, -0.2) is 98.2 Å². The third-order valence-corrected chi connectivity index (χ3v) is 5.23. The summed E-state index contributed by atoms with van der Waals surface area (Å²) in [5.74, 6) is -3.05. The van der Waals surface area contributed by atoms with Gasteiger partial charge in [0.05, 0.1) is 6.10 Å². The second kappa shape index (κ2) is 26.1. The van der Waals surface area contributed by atoms with E-state index in [2.05, 4.69) is 0 Å². The van der Waals surface area contributed by atoms with Crippen LogP contribution in [0.4, 0.5) is 0 Å². The highest BCUT2D eigenvalue weighted by atomic mass is 32.2. The molecule has 0 spiro atoms. The average molecular weight is 546 g/mol. The first-order valence-electron chi connectivity index (χ1n) is 11.3. The van der Waals surface area contributed by atoms with Gasteiger partial charge >= 0.3 is 23.9 Å². The Hall–Kier alpha value is -2.01. The van der Waals surface area contributed by atoms with Gasteiger partial charge in [-0.1, -0.05) is 26.7 Å². The lowest BCUT2D eigenvalue weighted by Crippen LogP contribution is -2.39. The molecule has 15 N–H and O–H groups in total. The van der Waals surface area contributed by atoms with Crippen LogP contribution in [0.3, 0.4) is 0 Å². The summed E-state index contributed by atoms with van der Waals surface area (Å²) in [6, 6.07) is -3.26. The summed E-state index contributed by atoms with van der Waals surface area (Å²) in [5.41, 5.74) is 25.8. The van der Waals surface area contributed by atoms with Gasteiger partial charge in [0.2, 0.25) is 0 Å². The van der Waals surface area contributed by atoms with Gasteiger partial charge in [-0.25, -0.2) is 0 Å². The molecule has 15 heteroatoms. The van der Waals surface area contributed by atoms with Gasteiger partial charge in [0.1, 0.15) is 24.2 Å². The van der Waals surface area contributed by atoms with E-state index in [1.54, 1.807) is 11.8 Å². The van der Waals surface area contributed by atoms with E-state index in [4.69, 9.17) is 54.2 Å². The summed E-state index contributed by atoms with van der Waals surface area (Å²) in [4.78, 5) is 40.2. The number of unbranched alkanes of at least 4 members (excludes halogenated alkanes) is 1. The largest absolute Gasteiger partial charge is 0.480 e. The Kier molecular flexibility index (Phi) is 29.8. The zero-order chi connectivity index (χ0) is 29.4. The highest BCUT2D eigenvalue weighted by molar-refractivity contribution is 7.98. The number of carboxylic acid groups (broad SMARTS) is 4. The molecule has 0 radical (unpaired) electrons. The predicted octanol–water partition coefficient (Wildman–Crippen LogP) is -1.10. The maximum atomic E-state index is 10.2. The molecule has 0 amide bonds. The monoisotopic (exact) mass is 545 g/mol. The van der Waals surface area contributed by atoms with Crippen molar-refractivity contribution in [3.05, 3.63) is 0 Å². The van der Waals surface area contributed by atoms with Gasteiger partial charge in [0, 0.05) is 0 Å². The maximum Gasteiger partial charge on any atom is 0.323 e. The molecule has 36 heavy (non-hydrogen) atoms. The van der Waals surface area contributed by atoms with E-state index in [9.17, 15) is 19.2 Å². The molecule has 0 aliphatic heterocycles. The predicted molar refractivity (Wildman–Crippen MR) is 139 cm³/mol. The molecule has 0 aliphatic rings. The summed E-state index contributed by atoms with van der Waals surface area (Å²) in [7, 11) is 0. The first-order chi connectivity index (χ1) is 16.5. The quantitative estimate of drug-likeness (QED) is 0.116. The number of carboxylic acids is 4. The fourth-order valence-electron chi connectivity index (χ4n) is 1.70. The lowest BCUT2D eigenvalue weighted by Gasteiger charge is -2.11. The van der Waals surface area contributed by atoms with Crippen molar-refractivity contribution in [3.63, 3.8) is 0 Å². The highest BCUT2D eigenvalue weighted by Gasteiger charge is 2.17. The van der Waals surface area contributed by atoms with E-state index in [0.717, 1.165) is 25.0 Å². The Balaban J connectivity index is -0.000000190. The van der Waals surface area contributed by atoms with Crippen LogP contribution >= 0.6 is 11.8 Å². The van der Waals surface area contributed by atoms with E-state index in [1.807, 2.05) is 20.1 Å². The molecule has 0 bridgehead atoms. The van der Waals surface area contributed by atoms with E-state index in [0.29, 0.717) is 19.4 Å². The number of aliphatic hydroxyl groups excluding tert-OH is 1. The van der Waals surface area contributed by atoms with Crippen molar-refractivity contribution < 1.29 is 44.7 Å². The van der Waals surface area contributed by atoms with Gasteiger partial charge in [0.15, 0.2) is 0 Å². The zero-order valence-electron chi connectivity index (χ0n) is 21.6. The van der Waals surface area contributed by atoms with Crippen molar-refractivity contribution >= 4 is 35.6 Å². The number of hydrogen-bond acceptors (Lipinski definition) is 11. The number of hydrogen-bond donors (Lipinski definition) is 10. The summed E-state index contributed by atoms with van der Waals surface area (Å²) in [6.07, 6.45) is 4.48. The highest BCUT2D eigenvalue weighted by Crippen LogP contribution is 2.04. The van der Waals surface area contributed by atoms with Gasteiger partial charge in [-0.3, -0.25) is 19.2 Å². The molecule has 0 saturated heterocycles. The molecule has 0 aromatic heterocycles. The van der Waals surface area contributed by atoms with E-state index >= 15 is 0 Å². The molecule has 0 aromatic rings. The van der Waals surface area contributed by atoms with Crippen molar-refractivity contribution in [2.24, 2.45) is 34.6 Å². The fraction of sp³-hybridized carbons (Fsp3) is 0.810. The van der Waals surface area contributed by atoms with E-state index in [-0.39, 0.29) is 5.92 Å². The third kappa shape index (κ3) is 28.2. The van der Waals surface area contributed by atoms with Crippen molar-refractivity contribution in [2.45, 2.75) is 83.1 Å². The number of thioether (sulfide) groups is 1. The third-order valence-electron chi connectivity index (χ3n) is 4.58. The Bertz CT molecular complexity index is 600. The van der Waals surface area contributed by atoms with Gasteiger partial charge < -0.3 is 54.2 Å². The van der Waals surface area contributed by atoms with Crippen LogP contribution in [-0.2, 0) is 19.2 Å². The first kappa shape index (κ1) is 41.1. The van der Waals surface area contributed by atoms with Crippen LogP contribution in [0.5, 0.6) is 0 Å². The molecular formula is C21H47N5O9S. The normalized spacial score (nSPS) is 14.9. The van der Waals surface area contributed by atoms with E-state index in [1.165, 1.54) is 6.92 Å². The summed E-state index contributed by atoms with van der Waals surface area (Å²) in [6.45, 7) is 5.69. The number of nitrogens with two attached hydrogens (primary N) is 5. The number of aliphatic carboxylic acids is 4. The summed E-state index contributed by atoms with van der Waals surface area (Å²) in [5, 5.41) is 41.5. The van der Waals surface area contributed by atoms with E-state index < -0.39 is 54.1 Å². The minimum atomic E-state index is -1.18. The Labute approximate surface area is 216 Å². The van der Waals surface area contributed by atoms with Crippen LogP contribution in [0.25, 0.3) is 0 Å². The van der Waals surface area contributed by atoms with Crippen LogP contribution in [0, 0.1) is 5.92 Å². The van der Waals surface area contributed by atoms with Crippen molar-refractivity contribution in [2.75, 3.05) is 18.6 Å². The molecule has 0 aromatic carbocycles. The smallest absolute Gasteiger partial charge is 0.323 e. The van der Waals surface area contributed by atoms with Crippen LogP contribution < -0.4 is 28.7 Å². The molecule has 0 fully saturated rings. The Morgan fingerprint density at radius 3 is 1.39 bits per heavy atom. The second-order valence-electron chi connectivity index (χ2n) is 7.81. The number of carbonyl (C=O) groups is 4. The zero-order valence-corrected chi connectivity index (χ0v) is 22.4. The van der Waals surface area contributed by atoms with Crippen molar-refractivity contribution in [3.8, 4) is 0 Å².